The fraction of sp³-hybridized carbons (Fsp3) is 0.500. The lowest BCUT2D eigenvalue weighted by atomic mass is 9.90. The number of hydrogen-bond donors (Lipinski definition) is 0. The molecule has 1 unspecified atom stereocenters. The number of rotatable bonds is 3. The first-order valence-electron chi connectivity index (χ1n) is 7.44. The summed E-state index contributed by atoms with van der Waals surface area (Å²) in [5, 5.41) is 8.81. The lowest BCUT2D eigenvalue weighted by Crippen LogP contribution is -2.49. The summed E-state index contributed by atoms with van der Waals surface area (Å²) in [7, 11) is 0. The van der Waals surface area contributed by atoms with Gasteiger partial charge in [-0.05, 0) is 30.0 Å². The number of likely N-dealkylation sites (tertiary alicyclic amines) is 2. The molecule has 116 valence electrons. The molecule has 1 aromatic rings. The summed E-state index contributed by atoms with van der Waals surface area (Å²) in [4.78, 5) is 15.6. The van der Waals surface area contributed by atoms with E-state index in [2.05, 4.69) is 6.19 Å². The van der Waals surface area contributed by atoms with Gasteiger partial charge in [0.1, 0.15) is 0 Å². The molecule has 4 nitrogen and oxygen atoms in total. The molecule has 0 saturated carbocycles. The standard InChI is InChI=1S/C16H17F2N3O/c17-14-2-1-12(6-15(14)18)13-8-21(9-13)16(22)5-11-3-4-20(7-11)10-19/h1-2,6,11,13H,3-5,7-9H2. The van der Waals surface area contributed by atoms with Crippen molar-refractivity contribution >= 4 is 5.91 Å². The van der Waals surface area contributed by atoms with Gasteiger partial charge in [-0.2, -0.15) is 5.26 Å². The number of benzene rings is 1. The van der Waals surface area contributed by atoms with Crippen LogP contribution in [0.4, 0.5) is 8.78 Å². The van der Waals surface area contributed by atoms with Gasteiger partial charge in [-0.15, -0.1) is 0 Å². The molecule has 2 fully saturated rings. The van der Waals surface area contributed by atoms with Gasteiger partial charge < -0.3 is 9.80 Å². The average Bonchev–Trinajstić information content (AvgIpc) is 2.88. The smallest absolute Gasteiger partial charge is 0.222 e. The van der Waals surface area contributed by atoms with Gasteiger partial charge in [-0.25, -0.2) is 8.78 Å². The highest BCUT2D eigenvalue weighted by molar-refractivity contribution is 5.77. The quantitative estimate of drug-likeness (QED) is 0.803. The molecule has 3 rings (SSSR count). The van der Waals surface area contributed by atoms with Crippen molar-refractivity contribution in [2.45, 2.75) is 18.8 Å². The maximum atomic E-state index is 13.2. The van der Waals surface area contributed by atoms with Crippen LogP contribution >= 0.6 is 0 Å². The molecule has 22 heavy (non-hydrogen) atoms. The van der Waals surface area contributed by atoms with E-state index in [1.165, 1.54) is 6.07 Å². The molecule has 0 bridgehead atoms. The van der Waals surface area contributed by atoms with Crippen LogP contribution in [-0.4, -0.2) is 41.9 Å². The fourth-order valence-corrected chi connectivity index (χ4v) is 3.13. The van der Waals surface area contributed by atoms with Gasteiger partial charge in [-0.3, -0.25) is 4.79 Å². The van der Waals surface area contributed by atoms with E-state index in [9.17, 15) is 13.6 Å². The number of nitriles is 1. The number of halogens is 2. The Labute approximate surface area is 127 Å². The maximum Gasteiger partial charge on any atom is 0.222 e. The van der Waals surface area contributed by atoms with Crippen molar-refractivity contribution in [2.75, 3.05) is 26.2 Å². The van der Waals surface area contributed by atoms with E-state index in [0.29, 0.717) is 26.1 Å². The van der Waals surface area contributed by atoms with Gasteiger partial charge in [0.25, 0.3) is 0 Å². The Morgan fingerprint density at radius 3 is 2.68 bits per heavy atom. The van der Waals surface area contributed by atoms with E-state index in [-0.39, 0.29) is 17.7 Å². The molecule has 0 radical (unpaired) electrons. The topological polar surface area (TPSA) is 47.3 Å². The Balaban J connectivity index is 1.49. The lowest BCUT2D eigenvalue weighted by molar-refractivity contribution is -0.136. The second kappa shape index (κ2) is 5.91. The van der Waals surface area contributed by atoms with Crippen molar-refractivity contribution < 1.29 is 13.6 Å². The normalized spacial score (nSPS) is 21.6. The maximum absolute atomic E-state index is 13.2. The minimum atomic E-state index is -0.848. The first kappa shape index (κ1) is 14.8. The van der Waals surface area contributed by atoms with E-state index in [1.807, 2.05) is 0 Å². The minimum absolute atomic E-state index is 0.0817. The summed E-state index contributed by atoms with van der Waals surface area (Å²) < 4.78 is 26.1. The summed E-state index contributed by atoms with van der Waals surface area (Å²) in [6.45, 7) is 2.49. The Hall–Kier alpha value is -2.16. The molecular weight excluding hydrogens is 288 g/mol. The molecule has 0 aliphatic carbocycles. The molecule has 1 amide bonds. The third-order valence-electron chi connectivity index (χ3n) is 4.54. The van der Waals surface area contributed by atoms with Crippen molar-refractivity contribution in [1.29, 1.82) is 5.26 Å². The number of hydrogen-bond acceptors (Lipinski definition) is 3. The predicted octanol–water partition coefficient (Wildman–Crippen LogP) is 2.08. The van der Waals surface area contributed by atoms with Crippen molar-refractivity contribution in [3.05, 3.63) is 35.4 Å². The van der Waals surface area contributed by atoms with E-state index in [0.717, 1.165) is 24.6 Å². The first-order valence-corrected chi connectivity index (χ1v) is 7.44. The Morgan fingerprint density at radius 2 is 2.05 bits per heavy atom. The SMILES string of the molecule is N#CN1CCC(CC(=O)N2CC(c3ccc(F)c(F)c3)C2)C1. The summed E-state index contributed by atoms with van der Waals surface area (Å²) >= 11 is 0. The monoisotopic (exact) mass is 305 g/mol. The minimum Gasteiger partial charge on any atom is -0.341 e. The molecule has 6 heteroatoms. The van der Waals surface area contributed by atoms with Crippen LogP contribution in [0, 0.1) is 29.0 Å². The van der Waals surface area contributed by atoms with Crippen LogP contribution in [0.5, 0.6) is 0 Å². The number of nitrogens with zero attached hydrogens (tertiary/aromatic N) is 3. The van der Waals surface area contributed by atoms with E-state index in [4.69, 9.17) is 5.26 Å². The second-order valence-electron chi connectivity index (χ2n) is 6.07. The number of carbonyl (C=O) groups excluding carboxylic acids is 1. The van der Waals surface area contributed by atoms with Crippen LogP contribution in [-0.2, 0) is 4.79 Å². The average molecular weight is 305 g/mol. The van der Waals surface area contributed by atoms with Crippen LogP contribution in [0.15, 0.2) is 18.2 Å². The number of carbonyl (C=O) groups is 1. The second-order valence-corrected chi connectivity index (χ2v) is 6.07. The third-order valence-corrected chi connectivity index (χ3v) is 4.54. The van der Waals surface area contributed by atoms with Crippen LogP contribution in [0.1, 0.15) is 24.3 Å². The molecule has 2 heterocycles. The Kier molecular flexibility index (Phi) is 3.97. The van der Waals surface area contributed by atoms with E-state index < -0.39 is 11.6 Å². The summed E-state index contributed by atoms with van der Waals surface area (Å²) in [5.41, 5.74) is 0.736. The Morgan fingerprint density at radius 1 is 1.27 bits per heavy atom. The molecule has 0 aromatic heterocycles. The molecule has 2 aliphatic rings. The summed E-state index contributed by atoms with van der Waals surface area (Å²) in [6, 6.07) is 3.92. The zero-order valence-corrected chi connectivity index (χ0v) is 12.1. The summed E-state index contributed by atoms with van der Waals surface area (Å²) in [5.74, 6) is -1.28. The molecular formula is C16H17F2N3O. The van der Waals surface area contributed by atoms with Gasteiger partial charge in [-0.1, -0.05) is 6.07 Å². The number of amides is 1. The van der Waals surface area contributed by atoms with Crippen molar-refractivity contribution in [3.8, 4) is 6.19 Å². The zero-order valence-electron chi connectivity index (χ0n) is 12.1. The van der Waals surface area contributed by atoms with Gasteiger partial charge in [0.15, 0.2) is 17.8 Å². The van der Waals surface area contributed by atoms with Gasteiger partial charge in [0, 0.05) is 38.5 Å². The lowest BCUT2D eigenvalue weighted by Gasteiger charge is -2.40. The molecule has 1 aromatic carbocycles. The highest BCUT2D eigenvalue weighted by atomic mass is 19.2. The predicted molar refractivity (Wildman–Crippen MR) is 75.6 cm³/mol. The third kappa shape index (κ3) is 2.89. The van der Waals surface area contributed by atoms with Gasteiger partial charge >= 0.3 is 0 Å². The van der Waals surface area contributed by atoms with Crippen LogP contribution < -0.4 is 0 Å². The molecule has 0 spiro atoms. The Bertz CT molecular complexity index is 622. The van der Waals surface area contributed by atoms with Crippen molar-refractivity contribution in [1.82, 2.24) is 9.80 Å². The van der Waals surface area contributed by atoms with Crippen LogP contribution in [0.2, 0.25) is 0 Å². The molecule has 2 aliphatic heterocycles. The highest BCUT2D eigenvalue weighted by Crippen LogP contribution is 2.30. The summed E-state index contributed by atoms with van der Waals surface area (Å²) in [6.07, 6.45) is 3.44. The van der Waals surface area contributed by atoms with Crippen LogP contribution in [0.3, 0.4) is 0 Å². The largest absolute Gasteiger partial charge is 0.341 e. The van der Waals surface area contributed by atoms with E-state index >= 15 is 0 Å². The van der Waals surface area contributed by atoms with Crippen LogP contribution in [0.25, 0.3) is 0 Å². The first-order chi connectivity index (χ1) is 10.6. The van der Waals surface area contributed by atoms with Gasteiger partial charge in [0.2, 0.25) is 5.91 Å². The fourth-order valence-electron chi connectivity index (χ4n) is 3.13. The van der Waals surface area contributed by atoms with E-state index in [1.54, 1.807) is 15.9 Å². The van der Waals surface area contributed by atoms with Crippen molar-refractivity contribution in [3.63, 3.8) is 0 Å². The molecule has 2 saturated heterocycles. The molecule has 0 N–H and O–H groups in total. The van der Waals surface area contributed by atoms with Crippen molar-refractivity contribution in [2.24, 2.45) is 5.92 Å². The molecule has 1 atom stereocenters. The highest BCUT2D eigenvalue weighted by Gasteiger charge is 2.34. The van der Waals surface area contributed by atoms with Gasteiger partial charge in [0.05, 0.1) is 0 Å². The zero-order chi connectivity index (χ0) is 15.7.